The molecular formula is C13H12N2O4S. The Hall–Kier alpha value is -2.35. The third-order valence-corrected chi connectivity index (χ3v) is 3.92. The molecule has 1 unspecified atom stereocenters. The molecule has 0 amide bonds. The van der Waals surface area contributed by atoms with Gasteiger partial charge in [0.2, 0.25) is 10.0 Å². The monoisotopic (exact) mass is 292 g/mol. The molecule has 20 heavy (non-hydrogen) atoms. The third-order valence-electron chi connectivity index (χ3n) is 2.43. The minimum absolute atomic E-state index is 0.0811. The standard InChI is InChI=1S/C13H12N2O4S/c1-2-3-12(13(16)17)15-20(18,19)11-6-4-10(5-7-11)8-9-14/h1,4-7,12,15H,3,8H2,(H,16,17). The molecule has 0 aromatic heterocycles. The summed E-state index contributed by atoms with van der Waals surface area (Å²) in [6.07, 6.45) is 4.92. The van der Waals surface area contributed by atoms with Crippen molar-refractivity contribution in [2.75, 3.05) is 0 Å². The number of nitriles is 1. The van der Waals surface area contributed by atoms with Crippen molar-refractivity contribution >= 4 is 16.0 Å². The van der Waals surface area contributed by atoms with Gasteiger partial charge in [0.1, 0.15) is 6.04 Å². The minimum Gasteiger partial charge on any atom is -0.480 e. The van der Waals surface area contributed by atoms with Crippen molar-refractivity contribution in [3.63, 3.8) is 0 Å². The summed E-state index contributed by atoms with van der Waals surface area (Å²) in [5, 5.41) is 17.4. The van der Waals surface area contributed by atoms with Crippen LogP contribution in [0.25, 0.3) is 0 Å². The second kappa shape index (κ2) is 6.71. The maximum atomic E-state index is 12.0. The lowest BCUT2D eigenvalue weighted by molar-refractivity contribution is -0.138. The van der Waals surface area contributed by atoms with Gasteiger partial charge in [-0.1, -0.05) is 12.1 Å². The van der Waals surface area contributed by atoms with E-state index < -0.39 is 22.0 Å². The molecule has 104 valence electrons. The van der Waals surface area contributed by atoms with Crippen LogP contribution in [0.3, 0.4) is 0 Å². The lowest BCUT2D eigenvalue weighted by Crippen LogP contribution is -2.40. The molecule has 0 aliphatic carbocycles. The van der Waals surface area contributed by atoms with E-state index in [1.807, 2.05) is 10.8 Å². The number of carboxylic acids is 1. The minimum atomic E-state index is -3.97. The fourth-order valence-electron chi connectivity index (χ4n) is 1.43. The first-order chi connectivity index (χ1) is 9.40. The zero-order valence-electron chi connectivity index (χ0n) is 10.4. The molecule has 1 aromatic rings. The second-order valence-electron chi connectivity index (χ2n) is 3.90. The summed E-state index contributed by atoms with van der Waals surface area (Å²) >= 11 is 0. The predicted octanol–water partition coefficient (Wildman–Crippen LogP) is 0.507. The Balaban J connectivity index is 2.96. The van der Waals surface area contributed by atoms with Crippen LogP contribution >= 0.6 is 0 Å². The smallest absolute Gasteiger partial charge is 0.322 e. The van der Waals surface area contributed by atoms with Crippen molar-refractivity contribution in [1.82, 2.24) is 4.72 Å². The predicted molar refractivity (Wildman–Crippen MR) is 71.0 cm³/mol. The van der Waals surface area contributed by atoms with E-state index in [2.05, 4.69) is 5.92 Å². The average molecular weight is 292 g/mol. The van der Waals surface area contributed by atoms with Crippen LogP contribution in [-0.4, -0.2) is 25.5 Å². The second-order valence-corrected chi connectivity index (χ2v) is 5.61. The van der Waals surface area contributed by atoms with E-state index in [1.54, 1.807) is 0 Å². The van der Waals surface area contributed by atoms with Crippen LogP contribution in [-0.2, 0) is 21.2 Å². The summed E-state index contributed by atoms with van der Waals surface area (Å²) in [5.74, 6) is 0.765. The third kappa shape index (κ3) is 4.09. The lowest BCUT2D eigenvalue weighted by atomic mass is 10.2. The highest BCUT2D eigenvalue weighted by atomic mass is 32.2. The summed E-state index contributed by atoms with van der Waals surface area (Å²) in [6, 6.07) is 6.18. The average Bonchev–Trinajstić information content (AvgIpc) is 2.39. The molecule has 0 bridgehead atoms. The van der Waals surface area contributed by atoms with E-state index in [-0.39, 0.29) is 17.7 Å². The van der Waals surface area contributed by atoms with Gasteiger partial charge in [-0.3, -0.25) is 4.79 Å². The molecular weight excluding hydrogens is 280 g/mol. The molecule has 0 radical (unpaired) electrons. The summed E-state index contributed by atoms with van der Waals surface area (Å²) < 4.78 is 26.0. The number of carboxylic acid groups (broad SMARTS) is 1. The fraction of sp³-hybridized carbons (Fsp3) is 0.231. The lowest BCUT2D eigenvalue weighted by Gasteiger charge is -2.12. The van der Waals surface area contributed by atoms with Crippen LogP contribution in [0, 0.1) is 23.7 Å². The van der Waals surface area contributed by atoms with E-state index in [1.165, 1.54) is 24.3 Å². The molecule has 0 heterocycles. The van der Waals surface area contributed by atoms with Gasteiger partial charge in [-0.05, 0) is 17.7 Å². The molecule has 0 aliphatic heterocycles. The first kappa shape index (κ1) is 15.7. The molecule has 1 rings (SSSR count). The van der Waals surface area contributed by atoms with Gasteiger partial charge < -0.3 is 5.11 Å². The summed E-state index contributed by atoms with van der Waals surface area (Å²) in [7, 11) is -3.97. The van der Waals surface area contributed by atoms with Gasteiger partial charge in [0.15, 0.2) is 0 Å². The molecule has 6 nitrogen and oxygen atoms in total. The molecule has 0 fully saturated rings. The highest BCUT2D eigenvalue weighted by molar-refractivity contribution is 7.89. The van der Waals surface area contributed by atoms with E-state index >= 15 is 0 Å². The van der Waals surface area contributed by atoms with Crippen LogP contribution in [0.15, 0.2) is 29.2 Å². The SMILES string of the molecule is C#CCC(NS(=O)(=O)c1ccc(CC#N)cc1)C(=O)O. The maximum absolute atomic E-state index is 12.0. The normalized spacial score (nSPS) is 12.1. The Labute approximate surface area is 117 Å². The van der Waals surface area contributed by atoms with Crippen molar-refractivity contribution in [3.8, 4) is 18.4 Å². The Morgan fingerprint density at radius 1 is 1.40 bits per heavy atom. The molecule has 0 saturated heterocycles. The molecule has 0 saturated carbocycles. The van der Waals surface area contributed by atoms with Crippen molar-refractivity contribution in [2.24, 2.45) is 0 Å². The topological polar surface area (TPSA) is 107 Å². The van der Waals surface area contributed by atoms with Gasteiger partial charge in [0, 0.05) is 6.42 Å². The Morgan fingerprint density at radius 3 is 2.45 bits per heavy atom. The van der Waals surface area contributed by atoms with E-state index in [9.17, 15) is 13.2 Å². The van der Waals surface area contributed by atoms with Crippen LogP contribution in [0.4, 0.5) is 0 Å². The van der Waals surface area contributed by atoms with Crippen molar-refractivity contribution in [1.29, 1.82) is 5.26 Å². The highest BCUT2D eigenvalue weighted by Gasteiger charge is 2.24. The van der Waals surface area contributed by atoms with E-state index in [0.29, 0.717) is 5.56 Å². The number of carbonyl (C=O) groups is 1. The van der Waals surface area contributed by atoms with Crippen molar-refractivity contribution in [3.05, 3.63) is 29.8 Å². The van der Waals surface area contributed by atoms with Crippen LogP contribution < -0.4 is 4.72 Å². The van der Waals surface area contributed by atoms with Crippen LogP contribution in [0.1, 0.15) is 12.0 Å². The van der Waals surface area contributed by atoms with Gasteiger partial charge in [0.25, 0.3) is 0 Å². The molecule has 0 spiro atoms. The molecule has 7 heteroatoms. The molecule has 2 N–H and O–H groups in total. The van der Waals surface area contributed by atoms with Crippen molar-refractivity contribution < 1.29 is 18.3 Å². The first-order valence-corrected chi connectivity index (χ1v) is 7.03. The van der Waals surface area contributed by atoms with Crippen molar-refractivity contribution in [2.45, 2.75) is 23.8 Å². The number of terminal acetylenes is 1. The number of benzene rings is 1. The van der Waals surface area contributed by atoms with E-state index in [0.717, 1.165) is 0 Å². The van der Waals surface area contributed by atoms with Crippen LogP contribution in [0.2, 0.25) is 0 Å². The zero-order valence-corrected chi connectivity index (χ0v) is 11.2. The largest absolute Gasteiger partial charge is 0.480 e. The Kier molecular flexibility index (Phi) is 5.27. The highest BCUT2D eigenvalue weighted by Crippen LogP contribution is 2.12. The fourth-order valence-corrected chi connectivity index (χ4v) is 2.62. The van der Waals surface area contributed by atoms with Gasteiger partial charge in [-0.25, -0.2) is 8.42 Å². The quantitative estimate of drug-likeness (QED) is 0.743. The van der Waals surface area contributed by atoms with Gasteiger partial charge in [-0.2, -0.15) is 9.98 Å². The molecule has 1 atom stereocenters. The number of sulfonamides is 1. The first-order valence-electron chi connectivity index (χ1n) is 5.55. The number of nitrogens with one attached hydrogen (secondary N) is 1. The summed E-state index contributed by atoms with van der Waals surface area (Å²) in [6.45, 7) is 0. The van der Waals surface area contributed by atoms with Crippen LogP contribution in [0.5, 0.6) is 0 Å². The number of nitrogens with zero attached hydrogens (tertiary/aromatic N) is 1. The number of rotatable bonds is 6. The summed E-state index contributed by atoms with van der Waals surface area (Å²) in [5.41, 5.74) is 0.671. The zero-order chi connectivity index (χ0) is 15.2. The van der Waals surface area contributed by atoms with E-state index in [4.69, 9.17) is 16.8 Å². The summed E-state index contributed by atoms with van der Waals surface area (Å²) in [4.78, 5) is 10.8. The number of hydrogen-bond acceptors (Lipinski definition) is 4. The van der Waals surface area contributed by atoms with Gasteiger partial charge >= 0.3 is 5.97 Å². The number of hydrogen-bond donors (Lipinski definition) is 2. The molecule has 1 aromatic carbocycles. The Morgan fingerprint density at radius 2 is 2.00 bits per heavy atom. The van der Waals surface area contributed by atoms with Gasteiger partial charge in [0.05, 0.1) is 17.4 Å². The van der Waals surface area contributed by atoms with Gasteiger partial charge in [-0.15, -0.1) is 12.3 Å². The maximum Gasteiger partial charge on any atom is 0.322 e. The Bertz CT molecular complexity index is 666. The molecule has 0 aliphatic rings. The number of aliphatic carboxylic acids is 1.